The van der Waals surface area contributed by atoms with Crippen LogP contribution in [-0.4, -0.2) is 83.3 Å². The predicted molar refractivity (Wildman–Crippen MR) is 174 cm³/mol. The summed E-state index contributed by atoms with van der Waals surface area (Å²) in [5.74, 6) is -0.329. The molecule has 5 rings (SSSR count). The van der Waals surface area contributed by atoms with E-state index in [9.17, 15) is 14.4 Å². The number of nitrogens with one attached hydrogen (secondary N) is 1. The Balaban J connectivity index is 1.29. The van der Waals surface area contributed by atoms with Crippen LogP contribution in [0.1, 0.15) is 49.3 Å². The van der Waals surface area contributed by atoms with E-state index in [2.05, 4.69) is 10.2 Å². The Kier molecular flexibility index (Phi) is 9.53. The first-order valence-corrected chi connectivity index (χ1v) is 15.4. The van der Waals surface area contributed by atoms with E-state index in [1.54, 1.807) is 28.6 Å². The Bertz CT molecular complexity index is 1680. The maximum absolute atomic E-state index is 13.6. The molecule has 1 aromatic heterocycles. The van der Waals surface area contributed by atoms with Gasteiger partial charge in [0.2, 0.25) is 0 Å². The third kappa shape index (κ3) is 7.34. The maximum atomic E-state index is 13.6. The summed E-state index contributed by atoms with van der Waals surface area (Å²) in [5.41, 5.74) is 2.71. The van der Waals surface area contributed by atoms with E-state index in [-0.39, 0.29) is 11.5 Å². The van der Waals surface area contributed by atoms with E-state index in [1.807, 2.05) is 82.3 Å². The van der Waals surface area contributed by atoms with Gasteiger partial charge in [0.1, 0.15) is 18.2 Å². The van der Waals surface area contributed by atoms with Crippen LogP contribution in [0.25, 0.3) is 16.5 Å². The minimum absolute atomic E-state index is 0.261. The number of ether oxygens (including phenoxy) is 2. The maximum Gasteiger partial charge on any atom is 0.409 e. The lowest BCUT2D eigenvalue weighted by Crippen LogP contribution is -2.49. The first-order chi connectivity index (χ1) is 21.5. The molecule has 4 aromatic rings. The van der Waals surface area contributed by atoms with Crippen LogP contribution in [0.3, 0.4) is 0 Å². The highest BCUT2D eigenvalue weighted by molar-refractivity contribution is 6.48. The van der Waals surface area contributed by atoms with E-state index in [0.29, 0.717) is 55.4 Å². The molecule has 2 heterocycles. The van der Waals surface area contributed by atoms with Crippen LogP contribution in [0.5, 0.6) is 5.75 Å². The molecule has 0 atom stereocenters. The number of rotatable bonds is 9. The number of piperazine rings is 1. The fourth-order valence-corrected chi connectivity index (χ4v) is 5.26. The van der Waals surface area contributed by atoms with Crippen molar-refractivity contribution in [1.82, 2.24) is 19.6 Å². The number of nitrogens with zero attached hydrogens (tertiary/aromatic N) is 4. The van der Waals surface area contributed by atoms with Crippen molar-refractivity contribution in [3.8, 4) is 11.4 Å². The van der Waals surface area contributed by atoms with Crippen LogP contribution < -0.4 is 10.1 Å². The molecule has 10 heteroatoms. The molecular formula is C35H41N5O5. The summed E-state index contributed by atoms with van der Waals surface area (Å²) in [6.45, 7) is 14.2. The molecule has 3 aromatic carbocycles. The highest BCUT2D eigenvalue weighted by Gasteiger charge is 2.26. The lowest BCUT2D eigenvalue weighted by molar-refractivity contribution is -0.112. The molecule has 1 saturated heterocycles. The molecular weight excluding hydrogens is 570 g/mol. The molecule has 1 aliphatic heterocycles. The van der Waals surface area contributed by atoms with Gasteiger partial charge in [0.05, 0.1) is 18.0 Å². The van der Waals surface area contributed by atoms with E-state index in [4.69, 9.17) is 14.6 Å². The summed E-state index contributed by atoms with van der Waals surface area (Å²) < 4.78 is 12.9. The minimum Gasteiger partial charge on any atom is -0.492 e. The Morgan fingerprint density at radius 3 is 2.27 bits per heavy atom. The number of anilines is 1. The molecule has 0 saturated carbocycles. The number of Topliss-reactive ketones (excluding diaryl/α,β-unsaturated/α-hetero) is 1. The van der Waals surface area contributed by atoms with Crippen molar-refractivity contribution in [2.45, 2.75) is 40.0 Å². The van der Waals surface area contributed by atoms with Gasteiger partial charge in [-0.3, -0.25) is 14.5 Å². The third-order valence-corrected chi connectivity index (χ3v) is 7.90. The van der Waals surface area contributed by atoms with Gasteiger partial charge in [-0.05, 0) is 43.5 Å². The van der Waals surface area contributed by atoms with E-state index >= 15 is 0 Å². The number of carbonyl (C=O) groups excluding carboxylic acids is 3. The molecule has 0 bridgehead atoms. The molecule has 1 aliphatic rings. The third-order valence-electron chi connectivity index (χ3n) is 7.90. The van der Waals surface area contributed by atoms with Crippen LogP contribution in [0.15, 0.2) is 66.7 Å². The quantitative estimate of drug-likeness (QED) is 0.194. The van der Waals surface area contributed by atoms with Gasteiger partial charge in [-0.2, -0.15) is 5.10 Å². The van der Waals surface area contributed by atoms with Gasteiger partial charge in [0.25, 0.3) is 11.7 Å². The van der Waals surface area contributed by atoms with Gasteiger partial charge in [-0.1, -0.05) is 62.7 Å². The van der Waals surface area contributed by atoms with Crippen molar-refractivity contribution >= 4 is 34.4 Å². The van der Waals surface area contributed by atoms with Crippen molar-refractivity contribution in [1.29, 1.82) is 0 Å². The Labute approximate surface area is 263 Å². The van der Waals surface area contributed by atoms with Crippen LogP contribution >= 0.6 is 0 Å². The van der Waals surface area contributed by atoms with Crippen LogP contribution in [-0.2, 0) is 14.9 Å². The largest absolute Gasteiger partial charge is 0.492 e. The van der Waals surface area contributed by atoms with Crippen molar-refractivity contribution in [3.05, 3.63) is 83.6 Å². The zero-order valence-electron chi connectivity index (χ0n) is 26.6. The van der Waals surface area contributed by atoms with Crippen LogP contribution in [0, 0.1) is 6.92 Å². The molecule has 1 fully saturated rings. The number of aryl methyl sites for hydroxylation is 1. The Hall–Kier alpha value is -4.70. The lowest BCUT2D eigenvalue weighted by Gasteiger charge is -2.33. The summed E-state index contributed by atoms with van der Waals surface area (Å²) in [6.07, 6.45) is -0.269. The number of amides is 2. The molecule has 1 N–H and O–H groups in total. The monoisotopic (exact) mass is 611 g/mol. The second-order valence-corrected chi connectivity index (χ2v) is 12.2. The van der Waals surface area contributed by atoms with Gasteiger partial charge in [0, 0.05) is 55.2 Å². The molecule has 0 spiro atoms. The molecule has 0 unspecified atom stereocenters. The predicted octanol–water partition coefficient (Wildman–Crippen LogP) is 5.61. The zero-order chi connectivity index (χ0) is 32.1. The van der Waals surface area contributed by atoms with Crippen molar-refractivity contribution in [3.63, 3.8) is 0 Å². The molecule has 10 nitrogen and oxygen atoms in total. The fraction of sp³-hybridized carbons (Fsp3) is 0.371. The molecule has 45 heavy (non-hydrogen) atoms. The Morgan fingerprint density at radius 2 is 1.60 bits per heavy atom. The van der Waals surface area contributed by atoms with E-state index in [1.165, 1.54) is 0 Å². The number of ketones is 1. The number of fused-ring (bicyclic) bond motifs is 1. The van der Waals surface area contributed by atoms with Crippen LogP contribution in [0.2, 0.25) is 0 Å². The second-order valence-electron chi connectivity index (χ2n) is 12.2. The topological polar surface area (TPSA) is 106 Å². The first kappa shape index (κ1) is 31.7. The minimum atomic E-state index is -0.746. The average Bonchev–Trinajstić information content (AvgIpc) is 3.46. The van der Waals surface area contributed by atoms with Gasteiger partial charge in [0.15, 0.2) is 0 Å². The SMILES string of the molecule is CCOC(=O)N1CCN(CCOc2ccc(C(=O)C(=O)Nc3cc(C(C)(C)C)nn3-c3ccc(C)cc3)c3ccccc23)CC1. The summed E-state index contributed by atoms with van der Waals surface area (Å²) >= 11 is 0. The van der Waals surface area contributed by atoms with Crippen molar-refractivity contribution in [2.75, 3.05) is 51.3 Å². The number of benzene rings is 3. The summed E-state index contributed by atoms with van der Waals surface area (Å²) in [6, 6.07) is 20.5. The van der Waals surface area contributed by atoms with Crippen molar-refractivity contribution in [2.24, 2.45) is 0 Å². The van der Waals surface area contributed by atoms with Crippen LogP contribution in [0.4, 0.5) is 10.6 Å². The molecule has 0 aliphatic carbocycles. The molecule has 0 radical (unpaired) electrons. The molecule has 2 amide bonds. The summed E-state index contributed by atoms with van der Waals surface area (Å²) in [5, 5.41) is 8.97. The van der Waals surface area contributed by atoms with Crippen molar-refractivity contribution < 1.29 is 23.9 Å². The van der Waals surface area contributed by atoms with E-state index < -0.39 is 11.7 Å². The zero-order valence-corrected chi connectivity index (χ0v) is 26.6. The Morgan fingerprint density at radius 1 is 0.911 bits per heavy atom. The van der Waals surface area contributed by atoms with Gasteiger partial charge in [-0.25, -0.2) is 9.48 Å². The number of aromatic nitrogens is 2. The highest BCUT2D eigenvalue weighted by Crippen LogP contribution is 2.30. The van der Waals surface area contributed by atoms with Gasteiger partial charge >= 0.3 is 6.09 Å². The smallest absolute Gasteiger partial charge is 0.409 e. The summed E-state index contributed by atoms with van der Waals surface area (Å²) in [7, 11) is 0. The fourth-order valence-electron chi connectivity index (χ4n) is 5.26. The summed E-state index contributed by atoms with van der Waals surface area (Å²) in [4.78, 5) is 42.9. The number of carbonyl (C=O) groups is 3. The van der Waals surface area contributed by atoms with Gasteiger partial charge in [-0.15, -0.1) is 0 Å². The number of hydrogen-bond acceptors (Lipinski definition) is 7. The lowest BCUT2D eigenvalue weighted by atomic mass is 9.92. The highest BCUT2D eigenvalue weighted by atomic mass is 16.6. The first-order valence-electron chi connectivity index (χ1n) is 15.4. The average molecular weight is 612 g/mol. The number of hydrogen-bond donors (Lipinski definition) is 1. The second kappa shape index (κ2) is 13.5. The van der Waals surface area contributed by atoms with E-state index in [0.717, 1.165) is 35.4 Å². The normalized spacial score (nSPS) is 13.9. The standard InChI is InChI=1S/C35H41N5O5/c1-6-44-34(43)39-19-17-38(18-20-39)21-22-45-29-16-15-28(26-9-7-8-10-27(26)29)32(41)33(42)36-31-23-30(35(3,4)5)37-40(31)25-13-11-24(2)12-14-25/h7-16,23H,6,17-22H2,1-5H3,(H,36,42). The molecule has 236 valence electrons. The van der Waals surface area contributed by atoms with Gasteiger partial charge < -0.3 is 19.7 Å².